The number of fused-ring (bicyclic) bond motifs is 9. The highest BCUT2D eigenvalue weighted by atomic mass is 32.1. The van der Waals surface area contributed by atoms with Crippen LogP contribution in [0.15, 0.2) is 176 Å². The molecule has 0 aliphatic rings. The van der Waals surface area contributed by atoms with E-state index in [1.54, 1.807) is 0 Å². The summed E-state index contributed by atoms with van der Waals surface area (Å²) >= 11 is 3.79. The van der Waals surface area contributed by atoms with Crippen LogP contribution in [0.25, 0.3) is 101 Å². The summed E-state index contributed by atoms with van der Waals surface area (Å²) < 4.78 is 7.85. The minimum atomic E-state index is 1.15. The third kappa shape index (κ3) is 4.32. The Morgan fingerprint density at radius 1 is 0.294 bits per heavy atom. The SMILES string of the molecule is c1ccc(-c2ccc(-n3c4c(-c5cccc6c5sc5ccccc56)cccc4c4cccc(-c5cccc6c5sc5ccccc56)c43)cc2)cc1. The van der Waals surface area contributed by atoms with Crippen molar-refractivity contribution in [2.75, 3.05) is 0 Å². The highest BCUT2D eigenvalue weighted by molar-refractivity contribution is 7.26. The number of hydrogen-bond donors (Lipinski definition) is 0. The van der Waals surface area contributed by atoms with Gasteiger partial charge in [-0.2, -0.15) is 0 Å². The summed E-state index contributed by atoms with van der Waals surface area (Å²) in [5, 5.41) is 7.80. The lowest BCUT2D eigenvalue weighted by molar-refractivity contribution is 1.18. The van der Waals surface area contributed by atoms with Crippen LogP contribution in [-0.2, 0) is 0 Å². The van der Waals surface area contributed by atoms with Gasteiger partial charge in [0.1, 0.15) is 0 Å². The molecule has 0 unspecified atom stereocenters. The van der Waals surface area contributed by atoms with E-state index in [0.717, 1.165) is 5.69 Å². The van der Waals surface area contributed by atoms with Gasteiger partial charge in [-0.15, -0.1) is 22.7 Å². The van der Waals surface area contributed by atoms with E-state index in [1.807, 2.05) is 22.7 Å². The van der Waals surface area contributed by atoms with Crippen molar-refractivity contribution >= 4 is 84.8 Å². The third-order valence-corrected chi connectivity index (χ3v) is 12.9. The summed E-state index contributed by atoms with van der Waals surface area (Å²) in [6, 6.07) is 64.8. The molecule has 0 radical (unpaired) electrons. The van der Waals surface area contributed by atoms with Crippen LogP contribution in [0.4, 0.5) is 0 Å². The highest BCUT2D eigenvalue weighted by Gasteiger charge is 2.22. The molecule has 0 amide bonds. The van der Waals surface area contributed by atoms with Crippen LogP contribution in [0.2, 0.25) is 0 Å². The zero-order valence-electron chi connectivity index (χ0n) is 27.5. The zero-order valence-corrected chi connectivity index (χ0v) is 29.1. The third-order valence-electron chi connectivity index (χ3n) is 10.4. The fraction of sp³-hybridized carbons (Fsp3) is 0. The predicted octanol–water partition coefficient (Wildman–Crippen LogP) is 14.5. The average Bonchev–Trinajstić information content (AvgIpc) is 3.88. The lowest BCUT2D eigenvalue weighted by atomic mass is 9.98. The molecule has 0 spiro atoms. The Morgan fingerprint density at radius 2 is 0.706 bits per heavy atom. The number of aromatic nitrogens is 1. The van der Waals surface area contributed by atoms with Crippen molar-refractivity contribution in [3.63, 3.8) is 0 Å². The molecule has 0 fully saturated rings. The van der Waals surface area contributed by atoms with Crippen LogP contribution in [-0.4, -0.2) is 4.57 Å². The van der Waals surface area contributed by atoms with Gasteiger partial charge in [-0.1, -0.05) is 152 Å². The van der Waals surface area contributed by atoms with Crippen molar-refractivity contribution in [1.82, 2.24) is 4.57 Å². The second-order valence-electron chi connectivity index (χ2n) is 13.2. The summed E-state index contributed by atoms with van der Waals surface area (Å²) in [6.07, 6.45) is 0. The Kier molecular flexibility index (Phi) is 6.36. The molecule has 1 nitrogen and oxygen atoms in total. The molecule has 0 bridgehead atoms. The molecule has 0 saturated carbocycles. The van der Waals surface area contributed by atoms with E-state index < -0.39 is 0 Å². The standard InChI is InChI=1S/C48H29NS2/c1-2-12-30(13-3-1)31-26-28-32(29-27-31)49-45-35(16-8-18-37(45)41-22-10-20-39-33-14-4-6-24-43(33)50-47(39)41)36-17-9-19-38(46(36)49)42-23-11-21-40-34-15-5-7-25-44(34)51-48(40)42/h1-29H. The first-order valence-electron chi connectivity index (χ1n) is 17.4. The van der Waals surface area contributed by atoms with Gasteiger partial charge in [0.2, 0.25) is 0 Å². The fourth-order valence-electron chi connectivity index (χ4n) is 8.16. The highest BCUT2D eigenvalue weighted by Crippen LogP contribution is 2.47. The van der Waals surface area contributed by atoms with Gasteiger partial charge >= 0.3 is 0 Å². The molecule has 11 aromatic rings. The van der Waals surface area contributed by atoms with E-state index in [4.69, 9.17) is 0 Å². The number of hydrogen-bond acceptors (Lipinski definition) is 2. The number of thiophene rings is 2. The Morgan fingerprint density at radius 3 is 1.24 bits per heavy atom. The lowest BCUT2D eigenvalue weighted by Crippen LogP contribution is -1.97. The molecule has 0 saturated heterocycles. The van der Waals surface area contributed by atoms with Crippen molar-refractivity contribution in [2.24, 2.45) is 0 Å². The van der Waals surface area contributed by atoms with E-state index in [0.29, 0.717) is 0 Å². The molecule has 0 aliphatic carbocycles. The molecule has 0 N–H and O–H groups in total. The molecule has 3 aromatic heterocycles. The van der Waals surface area contributed by atoms with Gasteiger partial charge < -0.3 is 4.57 Å². The maximum atomic E-state index is 2.54. The maximum Gasteiger partial charge on any atom is 0.0620 e. The first kappa shape index (κ1) is 28.8. The van der Waals surface area contributed by atoms with Crippen molar-refractivity contribution in [2.45, 2.75) is 0 Å². The predicted molar refractivity (Wildman–Crippen MR) is 223 cm³/mol. The summed E-state index contributed by atoms with van der Waals surface area (Å²) in [4.78, 5) is 0. The second-order valence-corrected chi connectivity index (χ2v) is 15.3. The zero-order chi connectivity index (χ0) is 33.5. The topological polar surface area (TPSA) is 4.93 Å². The molecule has 8 aromatic carbocycles. The van der Waals surface area contributed by atoms with Gasteiger partial charge in [0.15, 0.2) is 0 Å². The van der Waals surface area contributed by atoms with E-state index >= 15 is 0 Å². The Bertz CT molecular complexity index is 2950. The van der Waals surface area contributed by atoms with E-state index in [2.05, 4.69) is 180 Å². The minimum Gasteiger partial charge on any atom is -0.308 e. The molecular formula is C48H29NS2. The van der Waals surface area contributed by atoms with Crippen LogP contribution in [0.1, 0.15) is 0 Å². The van der Waals surface area contributed by atoms with Gasteiger partial charge in [-0.3, -0.25) is 0 Å². The van der Waals surface area contributed by atoms with E-state index in [1.165, 1.54) is 95.5 Å². The van der Waals surface area contributed by atoms with Crippen molar-refractivity contribution < 1.29 is 0 Å². The number of benzene rings is 8. The van der Waals surface area contributed by atoms with Crippen LogP contribution < -0.4 is 0 Å². The van der Waals surface area contributed by atoms with Crippen molar-refractivity contribution in [1.29, 1.82) is 0 Å². The van der Waals surface area contributed by atoms with Crippen LogP contribution in [0.5, 0.6) is 0 Å². The van der Waals surface area contributed by atoms with E-state index in [-0.39, 0.29) is 0 Å². The van der Waals surface area contributed by atoms with Gasteiger partial charge in [-0.05, 0) is 35.4 Å². The Balaban J connectivity index is 1.26. The molecular weight excluding hydrogens is 655 g/mol. The quantitative estimate of drug-likeness (QED) is 0.174. The maximum absolute atomic E-state index is 2.54. The fourth-order valence-corrected chi connectivity index (χ4v) is 10.6. The lowest BCUT2D eigenvalue weighted by Gasteiger charge is -2.15. The van der Waals surface area contributed by atoms with Crippen LogP contribution in [0, 0.1) is 0 Å². The molecule has 0 aliphatic heterocycles. The summed E-state index contributed by atoms with van der Waals surface area (Å²) in [7, 11) is 0. The van der Waals surface area contributed by atoms with Gasteiger partial charge in [0.25, 0.3) is 0 Å². The van der Waals surface area contributed by atoms with Gasteiger partial charge in [0.05, 0.1) is 11.0 Å². The number of nitrogens with zero attached hydrogens (tertiary/aromatic N) is 1. The molecule has 11 rings (SSSR count). The first-order chi connectivity index (χ1) is 25.3. The average molecular weight is 684 g/mol. The van der Waals surface area contributed by atoms with Crippen LogP contribution >= 0.6 is 22.7 Å². The number of para-hydroxylation sites is 2. The molecule has 238 valence electrons. The summed E-state index contributed by atoms with van der Waals surface area (Å²) in [5.41, 5.74) is 11.1. The van der Waals surface area contributed by atoms with Gasteiger partial charge in [0, 0.05) is 79.1 Å². The molecule has 3 heteroatoms. The Labute approximate surface area is 302 Å². The molecule has 0 atom stereocenters. The van der Waals surface area contributed by atoms with Gasteiger partial charge in [-0.25, -0.2) is 0 Å². The summed E-state index contributed by atoms with van der Waals surface area (Å²) in [5.74, 6) is 0. The first-order valence-corrected chi connectivity index (χ1v) is 19.0. The van der Waals surface area contributed by atoms with Crippen molar-refractivity contribution in [3.8, 4) is 39.1 Å². The van der Waals surface area contributed by atoms with Crippen LogP contribution in [0.3, 0.4) is 0 Å². The largest absolute Gasteiger partial charge is 0.308 e. The minimum absolute atomic E-state index is 1.15. The second kappa shape index (κ2) is 11.3. The monoisotopic (exact) mass is 683 g/mol. The molecule has 3 heterocycles. The smallest absolute Gasteiger partial charge is 0.0620 e. The van der Waals surface area contributed by atoms with E-state index in [9.17, 15) is 0 Å². The number of rotatable bonds is 4. The molecule has 51 heavy (non-hydrogen) atoms. The normalized spacial score (nSPS) is 11.9. The van der Waals surface area contributed by atoms with Crippen molar-refractivity contribution in [3.05, 3.63) is 176 Å². The Hall–Kier alpha value is -6.00. The summed E-state index contributed by atoms with van der Waals surface area (Å²) in [6.45, 7) is 0.